The zero-order valence-corrected chi connectivity index (χ0v) is 11.7. The Bertz CT molecular complexity index is 487. The summed E-state index contributed by atoms with van der Waals surface area (Å²) in [6, 6.07) is 1.68. The summed E-state index contributed by atoms with van der Waals surface area (Å²) in [5.41, 5.74) is 0.365. The first kappa shape index (κ1) is 14.7. The maximum Gasteiger partial charge on any atom is 0.290 e. The maximum absolute atomic E-state index is 10.7. The van der Waals surface area contributed by atoms with Crippen LogP contribution in [0.25, 0.3) is 0 Å². The molecule has 110 valence electrons. The van der Waals surface area contributed by atoms with Crippen LogP contribution in [0.3, 0.4) is 0 Å². The van der Waals surface area contributed by atoms with Crippen molar-refractivity contribution in [2.24, 2.45) is 0 Å². The Kier molecular flexibility index (Phi) is 4.51. The lowest BCUT2D eigenvalue weighted by Crippen LogP contribution is -2.44. The van der Waals surface area contributed by atoms with Crippen LogP contribution in [0.1, 0.15) is 18.4 Å². The lowest BCUT2D eigenvalue weighted by molar-refractivity contribution is -0.385. The molecule has 2 rings (SSSR count). The highest BCUT2D eigenvalue weighted by Crippen LogP contribution is 2.25. The van der Waals surface area contributed by atoms with Gasteiger partial charge in [-0.2, -0.15) is 0 Å². The van der Waals surface area contributed by atoms with Crippen molar-refractivity contribution in [1.82, 2.24) is 4.98 Å². The van der Waals surface area contributed by atoms with E-state index in [0.29, 0.717) is 31.1 Å². The number of anilines is 1. The van der Waals surface area contributed by atoms with Crippen LogP contribution in [0.15, 0.2) is 12.3 Å². The highest BCUT2D eigenvalue weighted by Gasteiger charge is 2.32. The number of methoxy groups -OCH3 is 1. The predicted octanol–water partition coefficient (Wildman–Crippen LogP) is 1.91. The van der Waals surface area contributed by atoms with Crippen LogP contribution in [0.4, 0.5) is 11.5 Å². The number of hydrogen-bond acceptors (Lipinski definition) is 6. The van der Waals surface area contributed by atoms with Crippen molar-refractivity contribution in [2.75, 3.05) is 32.2 Å². The number of nitro groups is 1. The minimum absolute atomic E-state index is 0.0306. The summed E-state index contributed by atoms with van der Waals surface area (Å²) in [6.45, 7) is 3.67. The van der Waals surface area contributed by atoms with E-state index in [2.05, 4.69) is 10.3 Å². The largest absolute Gasteiger partial charge is 0.381 e. The van der Waals surface area contributed by atoms with E-state index in [1.807, 2.05) is 0 Å². The van der Waals surface area contributed by atoms with Crippen LogP contribution in [0.5, 0.6) is 0 Å². The second-order valence-corrected chi connectivity index (χ2v) is 4.97. The molecule has 1 aromatic rings. The number of hydrogen-bond donors (Lipinski definition) is 1. The molecule has 1 aliphatic heterocycles. The van der Waals surface area contributed by atoms with E-state index in [0.717, 1.165) is 12.8 Å². The first-order valence-corrected chi connectivity index (χ1v) is 6.54. The van der Waals surface area contributed by atoms with Gasteiger partial charge in [0.1, 0.15) is 12.0 Å². The van der Waals surface area contributed by atoms with Crippen LogP contribution in [0, 0.1) is 17.0 Å². The number of aromatic nitrogens is 1. The molecule has 0 unspecified atom stereocenters. The lowest BCUT2D eigenvalue weighted by Gasteiger charge is -2.36. The van der Waals surface area contributed by atoms with Crippen molar-refractivity contribution in [3.8, 4) is 0 Å². The van der Waals surface area contributed by atoms with Gasteiger partial charge in [-0.25, -0.2) is 4.98 Å². The topological polar surface area (TPSA) is 86.5 Å². The Morgan fingerprint density at radius 1 is 1.55 bits per heavy atom. The van der Waals surface area contributed by atoms with Crippen molar-refractivity contribution in [2.45, 2.75) is 25.4 Å². The molecule has 0 aliphatic carbocycles. The Balaban J connectivity index is 2.03. The number of nitrogens with one attached hydrogen (secondary N) is 1. The number of aryl methyl sites for hydroxylation is 1. The van der Waals surface area contributed by atoms with Gasteiger partial charge in [0.05, 0.1) is 10.5 Å². The molecule has 20 heavy (non-hydrogen) atoms. The Morgan fingerprint density at radius 2 is 2.25 bits per heavy atom. The molecule has 1 saturated heterocycles. The van der Waals surface area contributed by atoms with Gasteiger partial charge in [0.15, 0.2) is 0 Å². The summed E-state index contributed by atoms with van der Waals surface area (Å²) >= 11 is 0. The lowest BCUT2D eigenvalue weighted by atomic mass is 9.94. The minimum atomic E-state index is -0.429. The molecule has 0 radical (unpaired) electrons. The molecule has 7 nitrogen and oxygen atoms in total. The van der Waals surface area contributed by atoms with Crippen LogP contribution in [-0.2, 0) is 9.47 Å². The van der Waals surface area contributed by atoms with Crippen molar-refractivity contribution in [1.29, 1.82) is 0 Å². The summed E-state index contributed by atoms with van der Waals surface area (Å²) < 4.78 is 11.0. The molecule has 7 heteroatoms. The van der Waals surface area contributed by atoms with Crippen molar-refractivity contribution in [3.05, 3.63) is 27.9 Å². The van der Waals surface area contributed by atoms with E-state index in [1.165, 1.54) is 6.20 Å². The molecule has 0 spiro atoms. The van der Waals surface area contributed by atoms with Gasteiger partial charge < -0.3 is 14.8 Å². The third-order valence-electron chi connectivity index (χ3n) is 3.71. The Hall–Kier alpha value is -1.73. The van der Waals surface area contributed by atoms with Gasteiger partial charge in [0.25, 0.3) is 5.69 Å². The zero-order valence-electron chi connectivity index (χ0n) is 11.7. The molecule has 1 aromatic heterocycles. The number of nitrogens with zero attached hydrogens (tertiary/aromatic N) is 2. The van der Waals surface area contributed by atoms with Crippen LogP contribution in [-0.4, -0.2) is 42.4 Å². The van der Waals surface area contributed by atoms with Crippen molar-refractivity contribution in [3.63, 3.8) is 0 Å². The normalized spacial score (nSPS) is 17.7. The number of pyridine rings is 1. The van der Waals surface area contributed by atoms with E-state index in [-0.39, 0.29) is 11.3 Å². The van der Waals surface area contributed by atoms with Crippen LogP contribution >= 0.6 is 0 Å². The molecule has 1 fully saturated rings. The van der Waals surface area contributed by atoms with Gasteiger partial charge >= 0.3 is 0 Å². The van der Waals surface area contributed by atoms with E-state index in [4.69, 9.17) is 9.47 Å². The third-order valence-corrected chi connectivity index (χ3v) is 3.71. The smallest absolute Gasteiger partial charge is 0.290 e. The molecular weight excluding hydrogens is 262 g/mol. The summed E-state index contributed by atoms with van der Waals surface area (Å²) in [6.07, 6.45) is 2.92. The summed E-state index contributed by atoms with van der Waals surface area (Å²) in [7, 11) is 1.70. The number of ether oxygens (including phenoxy) is 2. The monoisotopic (exact) mass is 281 g/mol. The van der Waals surface area contributed by atoms with Crippen LogP contribution < -0.4 is 5.32 Å². The zero-order chi connectivity index (χ0) is 14.6. The predicted molar refractivity (Wildman–Crippen MR) is 73.9 cm³/mol. The highest BCUT2D eigenvalue weighted by atomic mass is 16.6. The second kappa shape index (κ2) is 6.15. The van der Waals surface area contributed by atoms with E-state index in [1.54, 1.807) is 20.1 Å². The average molecular weight is 281 g/mol. The van der Waals surface area contributed by atoms with E-state index < -0.39 is 4.92 Å². The fourth-order valence-electron chi connectivity index (χ4n) is 2.28. The highest BCUT2D eigenvalue weighted by molar-refractivity contribution is 5.47. The van der Waals surface area contributed by atoms with E-state index in [9.17, 15) is 10.1 Å². The van der Waals surface area contributed by atoms with E-state index >= 15 is 0 Å². The Labute approximate surface area is 117 Å². The summed E-state index contributed by atoms with van der Waals surface area (Å²) in [5.74, 6) is 0.621. The van der Waals surface area contributed by atoms with Gasteiger partial charge in [-0.3, -0.25) is 10.1 Å². The fraction of sp³-hybridized carbons (Fsp3) is 0.615. The molecule has 0 bridgehead atoms. The van der Waals surface area contributed by atoms with Crippen LogP contribution in [0.2, 0.25) is 0 Å². The first-order valence-electron chi connectivity index (χ1n) is 6.54. The third kappa shape index (κ3) is 3.23. The quantitative estimate of drug-likeness (QED) is 0.655. The fourth-order valence-corrected chi connectivity index (χ4v) is 2.28. The van der Waals surface area contributed by atoms with Gasteiger partial charge in [-0.05, 0) is 13.0 Å². The average Bonchev–Trinajstić information content (AvgIpc) is 2.46. The summed E-state index contributed by atoms with van der Waals surface area (Å²) in [5, 5.41) is 13.9. The molecule has 2 heterocycles. The van der Waals surface area contributed by atoms with Gasteiger partial charge in [0, 0.05) is 45.3 Å². The molecular formula is C13H19N3O4. The van der Waals surface area contributed by atoms with Crippen molar-refractivity contribution >= 4 is 11.5 Å². The van der Waals surface area contributed by atoms with Gasteiger partial charge in [0.2, 0.25) is 0 Å². The number of rotatable bonds is 5. The molecule has 0 aromatic carbocycles. The second-order valence-electron chi connectivity index (χ2n) is 4.97. The molecule has 1 N–H and O–H groups in total. The summed E-state index contributed by atoms with van der Waals surface area (Å²) in [4.78, 5) is 14.4. The first-order chi connectivity index (χ1) is 9.56. The van der Waals surface area contributed by atoms with Gasteiger partial charge in [-0.1, -0.05) is 0 Å². The van der Waals surface area contributed by atoms with Gasteiger partial charge in [-0.15, -0.1) is 0 Å². The Morgan fingerprint density at radius 3 is 2.80 bits per heavy atom. The molecule has 0 amide bonds. The molecule has 0 atom stereocenters. The molecule has 0 saturated carbocycles. The minimum Gasteiger partial charge on any atom is -0.381 e. The van der Waals surface area contributed by atoms with Crippen molar-refractivity contribution < 1.29 is 14.4 Å². The maximum atomic E-state index is 10.7. The SMILES string of the molecule is COC1(CNc2cc(C)c([N+](=O)[O-])cn2)CCOCC1. The molecule has 1 aliphatic rings. The standard InChI is InChI=1S/C13H19N3O4/c1-10-7-12(14-8-11(10)16(17)18)15-9-13(19-2)3-5-20-6-4-13/h7-8H,3-6,9H2,1-2H3,(H,14,15).